The van der Waals surface area contributed by atoms with E-state index < -0.39 is 0 Å². The standard InChI is InChI=1S/C15H17N3O2S/c1-9-3-6-13(20-9)14(8-16)21-15-17-11-5-4-10(19-2)7-12(11)18-15/h3-7,14H,8,16H2,1-2H3,(H,17,18). The van der Waals surface area contributed by atoms with Gasteiger partial charge in [-0.2, -0.15) is 0 Å². The smallest absolute Gasteiger partial charge is 0.167 e. The Labute approximate surface area is 126 Å². The summed E-state index contributed by atoms with van der Waals surface area (Å²) in [4.78, 5) is 7.85. The van der Waals surface area contributed by atoms with Crippen molar-refractivity contribution in [3.63, 3.8) is 0 Å². The molecule has 0 saturated carbocycles. The van der Waals surface area contributed by atoms with Crippen LogP contribution in [0.25, 0.3) is 11.0 Å². The molecule has 0 bridgehead atoms. The summed E-state index contributed by atoms with van der Waals surface area (Å²) in [5.41, 5.74) is 7.71. The van der Waals surface area contributed by atoms with Crippen LogP contribution in [-0.4, -0.2) is 23.6 Å². The highest BCUT2D eigenvalue weighted by Crippen LogP contribution is 2.35. The summed E-state index contributed by atoms with van der Waals surface area (Å²) in [5.74, 6) is 2.57. The van der Waals surface area contributed by atoms with Crippen molar-refractivity contribution in [2.24, 2.45) is 5.73 Å². The molecule has 6 heteroatoms. The Morgan fingerprint density at radius 2 is 2.24 bits per heavy atom. The van der Waals surface area contributed by atoms with Gasteiger partial charge in [0.25, 0.3) is 0 Å². The van der Waals surface area contributed by atoms with E-state index in [1.165, 1.54) is 0 Å². The number of aromatic amines is 1. The lowest BCUT2D eigenvalue weighted by molar-refractivity contribution is 0.415. The van der Waals surface area contributed by atoms with Crippen molar-refractivity contribution in [1.82, 2.24) is 9.97 Å². The maximum absolute atomic E-state index is 5.86. The Balaban J connectivity index is 1.86. The minimum absolute atomic E-state index is 0.0427. The quantitative estimate of drug-likeness (QED) is 0.707. The molecule has 21 heavy (non-hydrogen) atoms. The zero-order chi connectivity index (χ0) is 14.8. The molecular formula is C15H17N3O2S. The van der Waals surface area contributed by atoms with Crippen LogP contribution in [0, 0.1) is 6.92 Å². The van der Waals surface area contributed by atoms with Gasteiger partial charge in [-0.05, 0) is 31.2 Å². The monoisotopic (exact) mass is 303 g/mol. The molecule has 3 rings (SSSR count). The zero-order valence-corrected chi connectivity index (χ0v) is 12.7. The third-order valence-corrected chi connectivity index (χ3v) is 4.34. The number of nitrogens with two attached hydrogens (primary N) is 1. The van der Waals surface area contributed by atoms with Crippen molar-refractivity contribution in [2.45, 2.75) is 17.3 Å². The Bertz CT molecular complexity index is 750. The number of fused-ring (bicyclic) bond motifs is 1. The van der Waals surface area contributed by atoms with Crippen molar-refractivity contribution in [1.29, 1.82) is 0 Å². The van der Waals surface area contributed by atoms with Gasteiger partial charge in [-0.25, -0.2) is 4.98 Å². The van der Waals surface area contributed by atoms with Crippen LogP contribution in [0.1, 0.15) is 16.8 Å². The minimum Gasteiger partial charge on any atom is -0.497 e. The van der Waals surface area contributed by atoms with Crippen LogP contribution < -0.4 is 10.5 Å². The van der Waals surface area contributed by atoms with E-state index in [0.29, 0.717) is 6.54 Å². The number of aryl methyl sites for hydroxylation is 1. The van der Waals surface area contributed by atoms with Gasteiger partial charge < -0.3 is 19.9 Å². The number of rotatable bonds is 5. The molecule has 0 amide bonds. The van der Waals surface area contributed by atoms with Crippen LogP contribution in [-0.2, 0) is 0 Å². The molecule has 5 nitrogen and oxygen atoms in total. The van der Waals surface area contributed by atoms with Crippen molar-refractivity contribution >= 4 is 22.8 Å². The predicted octanol–water partition coefficient (Wildman–Crippen LogP) is 3.27. The minimum atomic E-state index is 0.0427. The van der Waals surface area contributed by atoms with E-state index in [4.69, 9.17) is 14.9 Å². The van der Waals surface area contributed by atoms with E-state index in [2.05, 4.69) is 9.97 Å². The molecule has 0 radical (unpaired) electrons. The lowest BCUT2D eigenvalue weighted by atomic mass is 10.3. The number of benzene rings is 1. The molecule has 0 spiro atoms. The van der Waals surface area contributed by atoms with Crippen LogP contribution in [0.5, 0.6) is 5.75 Å². The molecule has 2 aromatic heterocycles. The summed E-state index contributed by atoms with van der Waals surface area (Å²) < 4.78 is 10.9. The third-order valence-electron chi connectivity index (χ3n) is 3.21. The number of hydrogen-bond acceptors (Lipinski definition) is 5. The maximum Gasteiger partial charge on any atom is 0.167 e. The predicted molar refractivity (Wildman–Crippen MR) is 83.7 cm³/mol. The van der Waals surface area contributed by atoms with Gasteiger partial charge in [0, 0.05) is 12.6 Å². The van der Waals surface area contributed by atoms with Crippen LogP contribution in [0.2, 0.25) is 0 Å². The molecule has 110 valence electrons. The largest absolute Gasteiger partial charge is 0.497 e. The van der Waals surface area contributed by atoms with Gasteiger partial charge >= 0.3 is 0 Å². The topological polar surface area (TPSA) is 77.1 Å². The molecule has 1 aromatic carbocycles. The number of nitrogens with zero attached hydrogens (tertiary/aromatic N) is 1. The summed E-state index contributed by atoms with van der Waals surface area (Å²) in [6, 6.07) is 9.67. The van der Waals surface area contributed by atoms with E-state index >= 15 is 0 Å². The lowest BCUT2D eigenvalue weighted by Gasteiger charge is -2.09. The third kappa shape index (κ3) is 2.91. The Hall–Kier alpha value is -1.92. The van der Waals surface area contributed by atoms with E-state index in [1.54, 1.807) is 18.9 Å². The van der Waals surface area contributed by atoms with Gasteiger partial charge in [-0.15, -0.1) is 0 Å². The first-order chi connectivity index (χ1) is 10.2. The molecule has 3 aromatic rings. The van der Waals surface area contributed by atoms with E-state index in [0.717, 1.165) is 33.5 Å². The second-order valence-corrected chi connectivity index (χ2v) is 5.91. The highest BCUT2D eigenvalue weighted by Gasteiger charge is 2.17. The summed E-state index contributed by atoms with van der Waals surface area (Å²) in [7, 11) is 1.65. The van der Waals surface area contributed by atoms with Crippen molar-refractivity contribution in [3.8, 4) is 5.75 Å². The maximum atomic E-state index is 5.86. The first-order valence-electron chi connectivity index (χ1n) is 6.66. The van der Waals surface area contributed by atoms with Gasteiger partial charge in [0.2, 0.25) is 0 Å². The fraction of sp³-hybridized carbons (Fsp3) is 0.267. The average molecular weight is 303 g/mol. The van der Waals surface area contributed by atoms with Gasteiger partial charge in [0.1, 0.15) is 17.3 Å². The number of aromatic nitrogens is 2. The highest BCUT2D eigenvalue weighted by atomic mass is 32.2. The molecule has 0 saturated heterocycles. The first-order valence-corrected chi connectivity index (χ1v) is 7.54. The molecule has 1 unspecified atom stereocenters. The second-order valence-electron chi connectivity index (χ2n) is 4.72. The molecule has 1 atom stereocenters. The normalized spacial score (nSPS) is 12.7. The molecule has 2 heterocycles. The number of ether oxygens (including phenoxy) is 1. The van der Waals surface area contributed by atoms with Crippen LogP contribution in [0.4, 0.5) is 0 Å². The number of imidazole rings is 1. The molecule has 0 fully saturated rings. The Kier molecular flexibility index (Phi) is 3.90. The fourth-order valence-electron chi connectivity index (χ4n) is 2.13. The SMILES string of the molecule is COc1ccc2nc(SC(CN)c3ccc(C)o3)[nH]c2c1. The number of thioether (sulfide) groups is 1. The molecule has 0 aliphatic rings. The summed E-state index contributed by atoms with van der Waals surface area (Å²) in [5, 5.41) is 0.865. The molecular weight excluding hydrogens is 286 g/mol. The lowest BCUT2D eigenvalue weighted by Crippen LogP contribution is -2.08. The Morgan fingerprint density at radius 3 is 2.90 bits per heavy atom. The van der Waals surface area contributed by atoms with Crippen molar-refractivity contribution in [2.75, 3.05) is 13.7 Å². The summed E-state index contributed by atoms with van der Waals surface area (Å²) in [6.45, 7) is 2.41. The van der Waals surface area contributed by atoms with Crippen molar-refractivity contribution in [3.05, 3.63) is 41.9 Å². The first kappa shape index (κ1) is 14.0. The average Bonchev–Trinajstić information content (AvgIpc) is 3.09. The fourth-order valence-corrected chi connectivity index (χ4v) is 3.06. The van der Waals surface area contributed by atoms with Gasteiger partial charge in [0.15, 0.2) is 5.16 Å². The number of hydrogen-bond donors (Lipinski definition) is 2. The van der Waals surface area contributed by atoms with E-state index in [9.17, 15) is 0 Å². The van der Waals surface area contributed by atoms with E-state index in [1.807, 2.05) is 37.3 Å². The van der Waals surface area contributed by atoms with Crippen LogP contribution in [0.3, 0.4) is 0 Å². The molecule has 0 aliphatic heterocycles. The van der Waals surface area contributed by atoms with E-state index in [-0.39, 0.29) is 5.25 Å². The highest BCUT2D eigenvalue weighted by molar-refractivity contribution is 7.99. The van der Waals surface area contributed by atoms with Crippen LogP contribution in [0.15, 0.2) is 39.9 Å². The summed E-state index contributed by atoms with van der Waals surface area (Å²) in [6.07, 6.45) is 0. The van der Waals surface area contributed by atoms with Gasteiger partial charge in [-0.3, -0.25) is 0 Å². The van der Waals surface area contributed by atoms with Crippen LogP contribution >= 0.6 is 11.8 Å². The second kappa shape index (κ2) is 5.83. The number of methoxy groups -OCH3 is 1. The Morgan fingerprint density at radius 1 is 1.38 bits per heavy atom. The van der Waals surface area contributed by atoms with Gasteiger partial charge in [0.05, 0.1) is 23.4 Å². The number of nitrogens with one attached hydrogen (secondary N) is 1. The number of furan rings is 1. The van der Waals surface area contributed by atoms with Crippen molar-refractivity contribution < 1.29 is 9.15 Å². The zero-order valence-electron chi connectivity index (χ0n) is 11.9. The van der Waals surface area contributed by atoms with Gasteiger partial charge in [-0.1, -0.05) is 11.8 Å². The summed E-state index contributed by atoms with van der Waals surface area (Å²) >= 11 is 1.57. The number of H-pyrrole nitrogens is 1. The molecule has 0 aliphatic carbocycles. The molecule has 3 N–H and O–H groups in total.